The maximum Gasteiger partial charge on any atom is 0.339 e. The number of rotatable bonds is 4. The third kappa shape index (κ3) is 3.41. The van der Waals surface area contributed by atoms with E-state index in [4.69, 9.17) is 9.32 Å². The standard InChI is InChI=1S/C14H12N2O5S3/c1-9-2-4-10(5-3-9)21-24(19,20)11-6-7-12-13(8-11)22-14(16-12)23(15,17)18/h2-8H,1H3,(H2,15,17,18). The van der Waals surface area contributed by atoms with Gasteiger partial charge >= 0.3 is 10.1 Å². The van der Waals surface area contributed by atoms with Gasteiger partial charge in [-0.15, -0.1) is 11.3 Å². The topological polar surface area (TPSA) is 116 Å². The number of hydrogen-bond acceptors (Lipinski definition) is 7. The van der Waals surface area contributed by atoms with E-state index in [9.17, 15) is 16.8 Å². The monoisotopic (exact) mass is 384 g/mol. The summed E-state index contributed by atoms with van der Waals surface area (Å²) < 4.78 is 52.6. The Hall–Kier alpha value is -2.01. The number of aromatic nitrogens is 1. The minimum atomic E-state index is -4.05. The summed E-state index contributed by atoms with van der Waals surface area (Å²) in [5, 5.41) is 5.04. The number of fused-ring (bicyclic) bond motifs is 1. The van der Waals surface area contributed by atoms with Gasteiger partial charge in [-0.25, -0.2) is 18.5 Å². The van der Waals surface area contributed by atoms with Gasteiger partial charge in [-0.3, -0.25) is 0 Å². The van der Waals surface area contributed by atoms with Crippen molar-refractivity contribution in [3.63, 3.8) is 0 Å². The van der Waals surface area contributed by atoms with E-state index < -0.39 is 20.1 Å². The van der Waals surface area contributed by atoms with Crippen LogP contribution >= 0.6 is 11.3 Å². The smallest absolute Gasteiger partial charge is 0.339 e. The number of aryl methyl sites for hydroxylation is 1. The fourth-order valence-corrected chi connectivity index (χ4v) is 4.66. The van der Waals surface area contributed by atoms with E-state index >= 15 is 0 Å². The number of sulfonamides is 1. The molecule has 0 fully saturated rings. The second-order valence-electron chi connectivity index (χ2n) is 5.00. The highest BCUT2D eigenvalue weighted by atomic mass is 32.2. The summed E-state index contributed by atoms with van der Waals surface area (Å²) in [6.45, 7) is 1.87. The number of thiazole rings is 1. The van der Waals surface area contributed by atoms with Crippen molar-refractivity contribution in [1.29, 1.82) is 0 Å². The van der Waals surface area contributed by atoms with Crippen molar-refractivity contribution in [3.05, 3.63) is 48.0 Å². The Labute approximate surface area is 142 Å². The number of nitrogens with two attached hydrogens (primary N) is 1. The molecule has 3 rings (SSSR count). The van der Waals surface area contributed by atoms with Crippen LogP contribution in [0.3, 0.4) is 0 Å². The minimum Gasteiger partial charge on any atom is -0.379 e. The predicted molar refractivity (Wildman–Crippen MR) is 90.0 cm³/mol. The molecule has 0 atom stereocenters. The third-order valence-corrected chi connectivity index (χ3v) is 6.68. The first-order valence-electron chi connectivity index (χ1n) is 6.60. The van der Waals surface area contributed by atoms with Crippen LogP contribution in [0.4, 0.5) is 0 Å². The molecular formula is C14H12N2O5S3. The lowest BCUT2D eigenvalue weighted by Gasteiger charge is -2.07. The highest BCUT2D eigenvalue weighted by molar-refractivity contribution is 7.91. The van der Waals surface area contributed by atoms with Gasteiger partial charge in [-0.05, 0) is 37.3 Å². The molecule has 0 aliphatic carbocycles. The molecule has 126 valence electrons. The normalized spacial score (nSPS) is 12.4. The number of benzene rings is 2. The van der Waals surface area contributed by atoms with Crippen LogP contribution in [0.2, 0.25) is 0 Å². The van der Waals surface area contributed by atoms with E-state index in [0.717, 1.165) is 16.9 Å². The first kappa shape index (κ1) is 16.8. The zero-order chi connectivity index (χ0) is 17.5. The number of nitrogens with zero attached hydrogens (tertiary/aromatic N) is 1. The molecule has 2 aromatic carbocycles. The van der Waals surface area contributed by atoms with Gasteiger partial charge in [0.2, 0.25) is 4.34 Å². The summed E-state index contributed by atoms with van der Waals surface area (Å²) in [6.07, 6.45) is 0. The number of hydrogen-bond donors (Lipinski definition) is 1. The fourth-order valence-electron chi connectivity index (χ4n) is 1.93. The lowest BCUT2D eigenvalue weighted by atomic mass is 10.2. The molecule has 24 heavy (non-hydrogen) atoms. The summed E-state index contributed by atoms with van der Waals surface area (Å²) in [7, 11) is -7.98. The van der Waals surface area contributed by atoms with Crippen molar-refractivity contribution in [1.82, 2.24) is 4.98 Å². The van der Waals surface area contributed by atoms with Crippen molar-refractivity contribution in [3.8, 4) is 5.75 Å². The molecule has 0 aliphatic heterocycles. The molecule has 0 saturated carbocycles. The largest absolute Gasteiger partial charge is 0.379 e. The van der Waals surface area contributed by atoms with Crippen LogP contribution in [0.15, 0.2) is 51.7 Å². The van der Waals surface area contributed by atoms with E-state index in [2.05, 4.69) is 4.98 Å². The van der Waals surface area contributed by atoms with Gasteiger partial charge in [-0.2, -0.15) is 8.42 Å². The Morgan fingerprint density at radius 3 is 2.33 bits per heavy atom. The average molecular weight is 384 g/mol. The molecular weight excluding hydrogens is 372 g/mol. The Kier molecular flexibility index (Phi) is 4.08. The van der Waals surface area contributed by atoms with Crippen molar-refractivity contribution in [2.75, 3.05) is 0 Å². The molecule has 0 aliphatic rings. The Morgan fingerprint density at radius 1 is 1.04 bits per heavy atom. The molecule has 1 aromatic heterocycles. The SMILES string of the molecule is Cc1ccc(OS(=O)(=O)c2ccc3nc(S(N)(=O)=O)sc3c2)cc1. The zero-order valence-corrected chi connectivity index (χ0v) is 14.8. The third-order valence-electron chi connectivity index (χ3n) is 3.10. The first-order valence-corrected chi connectivity index (χ1v) is 10.4. The highest BCUT2D eigenvalue weighted by Gasteiger charge is 2.20. The highest BCUT2D eigenvalue weighted by Crippen LogP contribution is 2.28. The second-order valence-corrected chi connectivity index (χ2v) is 9.32. The fraction of sp³-hybridized carbons (Fsp3) is 0.0714. The van der Waals surface area contributed by atoms with E-state index in [1.807, 2.05) is 6.92 Å². The van der Waals surface area contributed by atoms with Crippen LogP contribution in [0.5, 0.6) is 5.75 Å². The summed E-state index contributed by atoms with van der Waals surface area (Å²) in [5.74, 6) is 0.190. The molecule has 7 nitrogen and oxygen atoms in total. The summed E-state index contributed by atoms with van der Waals surface area (Å²) >= 11 is 0.799. The lowest BCUT2D eigenvalue weighted by molar-refractivity contribution is 0.486. The van der Waals surface area contributed by atoms with E-state index in [1.54, 1.807) is 24.3 Å². The predicted octanol–water partition coefficient (Wildman–Crippen LogP) is 2.02. The molecule has 0 spiro atoms. The Morgan fingerprint density at radius 2 is 1.71 bits per heavy atom. The van der Waals surface area contributed by atoms with Crippen LogP contribution in [-0.4, -0.2) is 21.8 Å². The van der Waals surface area contributed by atoms with Crippen LogP contribution < -0.4 is 9.32 Å². The molecule has 0 unspecified atom stereocenters. The van der Waals surface area contributed by atoms with Gasteiger partial charge in [0.05, 0.1) is 10.2 Å². The lowest BCUT2D eigenvalue weighted by Crippen LogP contribution is -2.11. The molecule has 0 amide bonds. The first-order chi connectivity index (χ1) is 11.1. The minimum absolute atomic E-state index is 0.0970. The van der Waals surface area contributed by atoms with Crippen LogP contribution in [0, 0.1) is 6.92 Å². The number of primary sulfonamides is 1. The van der Waals surface area contributed by atoms with Gasteiger partial charge in [-0.1, -0.05) is 17.7 Å². The molecule has 0 bridgehead atoms. The van der Waals surface area contributed by atoms with Crippen LogP contribution in [0.1, 0.15) is 5.56 Å². The summed E-state index contributed by atoms with van der Waals surface area (Å²) in [5.41, 5.74) is 1.32. The maximum absolute atomic E-state index is 12.4. The van der Waals surface area contributed by atoms with Crippen LogP contribution in [-0.2, 0) is 20.1 Å². The summed E-state index contributed by atoms with van der Waals surface area (Å²) in [6, 6.07) is 10.6. The van der Waals surface area contributed by atoms with Crippen LogP contribution in [0.25, 0.3) is 10.2 Å². The molecule has 0 radical (unpaired) electrons. The van der Waals surface area contributed by atoms with E-state index in [0.29, 0.717) is 10.2 Å². The second kappa shape index (κ2) is 5.81. The average Bonchev–Trinajstić information content (AvgIpc) is 2.92. The molecule has 2 N–H and O–H groups in total. The summed E-state index contributed by atoms with van der Waals surface area (Å²) in [4.78, 5) is 3.77. The van der Waals surface area contributed by atoms with Gasteiger partial charge in [0.1, 0.15) is 10.6 Å². The van der Waals surface area contributed by atoms with Crippen molar-refractivity contribution in [2.45, 2.75) is 16.2 Å². The van der Waals surface area contributed by atoms with Gasteiger partial charge < -0.3 is 4.18 Å². The Bertz CT molecular complexity index is 1120. The molecule has 0 saturated heterocycles. The maximum atomic E-state index is 12.4. The van der Waals surface area contributed by atoms with Gasteiger partial charge in [0.25, 0.3) is 10.0 Å². The molecule has 3 aromatic rings. The van der Waals surface area contributed by atoms with E-state index in [1.165, 1.54) is 18.2 Å². The van der Waals surface area contributed by atoms with Crippen molar-refractivity contribution < 1.29 is 21.0 Å². The zero-order valence-electron chi connectivity index (χ0n) is 12.3. The van der Waals surface area contributed by atoms with Crippen molar-refractivity contribution >= 4 is 41.7 Å². The van der Waals surface area contributed by atoms with Gasteiger partial charge in [0.15, 0.2) is 0 Å². The molecule has 1 heterocycles. The Balaban J connectivity index is 2.00. The quantitative estimate of drug-likeness (QED) is 0.688. The van der Waals surface area contributed by atoms with Gasteiger partial charge in [0, 0.05) is 0 Å². The van der Waals surface area contributed by atoms with Crippen molar-refractivity contribution in [2.24, 2.45) is 5.14 Å². The van der Waals surface area contributed by atoms with E-state index in [-0.39, 0.29) is 15.0 Å². The molecule has 10 heteroatoms.